The Morgan fingerprint density at radius 1 is 1.33 bits per heavy atom. The molecule has 0 radical (unpaired) electrons. The molecule has 1 amide bonds. The molecule has 2 aliphatic heterocycles. The van der Waals surface area contributed by atoms with Gasteiger partial charge in [-0.3, -0.25) is 9.69 Å². The Morgan fingerprint density at radius 2 is 2.15 bits per heavy atom. The van der Waals surface area contributed by atoms with Gasteiger partial charge in [-0.15, -0.1) is 11.3 Å². The van der Waals surface area contributed by atoms with E-state index in [4.69, 9.17) is 4.98 Å². The lowest BCUT2D eigenvalue weighted by atomic mass is 9.98. The minimum atomic E-state index is -2.93. The predicted octanol–water partition coefficient (Wildman–Crippen LogP) is 2.12. The minimum absolute atomic E-state index is 0.0381. The van der Waals surface area contributed by atoms with E-state index in [1.54, 1.807) is 11.3 Å². The maximum Gasteiger partial charge on any atom is 0.236 e. The van der Waals surface area contributed by atoms with Crippen molar-refractivity contribution < 1.29 is 13.2 Å². The van der Waals surface area contributed by atoms with E-state index in [9.17, 15) is 13.2 Å². The van der Waals surface area contributed by atoms with E-state index in [1.165, 1.54) is 4.70 Å². The highest BCUT2D eigenvalue weighted by atomic mass is 32.2. The van der Waals surface area contributed by atoms with Gasteiger partial charge >= 0.3 is 0 Å². The fourth-order valence-electron chi connectivity index (χ4n) is 4.04. The number of amides is 1. The van der Waals surface area contributed by atoms with Gasteiger partial charge in [0.1, 0.15) is 0 Å². The highest BCUT2D eigenvalue weighted by Gasteiger charge is 2.33. The molecule has 2 aliphatic rings. The Bertz CT molecular complexity index is 908. The maximum absolute atomic E-state index is 12.8. The first kappa shape index (κ1) is 18.8. The molecule has 2 aromatic rings. The monoisotopic (exact) mass is 407 g/mol. The number of thiazole rings is 1. The number of aromatic nitrogens is 1. The first-order valence-corrected chi connectivity index (χ1v) is 12.1. The number of likely N-dealkylation sites (tertiary alicyclic amines) is 1. The molecule has 2 atom stereocenters. The number of piperidine rings is 1. The quantitative estimate of drug-likeness (QED) is 0.776. The normalized spacial score (nSPS) is 25.3. The molecule has 27 heavy (non-hydrogen) atoms. The Labute approximate surface area is 164 Å². The van der Waals surface area contributed by atoms with Crippen LogP contribution in [0.1, 0.15) is 30.2 Å². The summed E-state index contributed by atoms with van der Waals surface area (Å²) in [6, 6.07) is 8.11. The van der Waals surface area contributed by atoms with Gasteiger partial charge in [-0.1, -0.05) is 12.1 Å². The molecule has 2 saturated heterocycles. The third kappa shape index (κ3) is 4.17. The molecule has 0 N–H and O–H groups in total. The topological polar surface area (TPSA) is 70.6 Å². The highest BCUT2D eigenvalue weighted by Crippen LogP contribution is 2.33. The van der Waals surface area contributed by atoms with Gasteiger partial charge < -0.3 is 4.90 Å². The number of sulfone groups is 1. The summed E-state index contributed by atoms with van der Waals surface area (Å²) in [7, 11) is -1.07. The van der Waals surface area contributed by atoms with Crippen molar-refractivity contribution in [1.29, 1.82) is 0 Å². The third-order valence-corrected chi connectivity index (χ3v) is 8.60. The summed E-state index contributed by atoms with van der Waals surface area (Å²) < 4.78 is 24.6. The molecular formula is C19H25N3O3S2. The zero-order chi connectivity index (χ0) is 19.0. The van der Waals surface area contributed by atoms with Crippen LogP contribution in [0.2, 0.25) is 0 Å². The van der Waals surface area contributed by atoms with Crippen LogP contribution in [0.4, 0.5) is 0 Å². The van der Waals surface area contributed by atoms with Crippen LogP contribution in [0.25, 0.3) is 10.2 Å². The predicted molar refractivity (Wildman–Crippen MR) is 108 cm³/mol. The molecular weight excluding hydrogens is 382 g/mol. The van der Waals surface area contributed by atoms with Crippen molar-refractivity contribution in [2.45, 2.75) is 31.2 Å². The zero-order valence-corrected chi connectivity index (χ0v) is 17.1. The van der Waals surface area contributed by atoms with Crippen molar-refractivity contribution in [2.24, 2.45) is 0 Å². The van der Waals surface area contributed by atoms with Gasteiger partial charge in [0, 0.05) is 25.0 Å². The number of para-hydroxylation sites is 1. The third-order valence-electron chi connectivity index (χ3n) is 5.65. The lowest BCUT2D eigenvalue weighted by molar-refractivity contribution is -0.133. The number of hydrogen-bond donors (Lipinski definition) is 0. The van der Waals surface area contributed by atoms with Crippen molar-refractivity contribution in [2.75, 3.05) is 38.2 Å². The average Bonchev–Trinajstić information content (AvgIpc) is 3.24. The summed E-state index contributed by atoms with van der Waals surface area (Å²) in [4.78, 5) is 21.4. The van der Waals surface area contributed by atoms with E-state index >= 15 is 0 Å². The average molecular weight is 408 g/mol. The summed E-state index contributed by atoms with van der Waals surface area (Å²) in [5, 5.41) is 1.11. The molecule has 146 valence electrons. The summed E-state index contributed by atoms with van der Waals surface area (Å²) in [5.41, 5.74) is 1.03. The van der Waals surface area contributed by atoms with Gasteiger partial charge in [0.05, 0.1) is 33.3 Å². The number of likely N-dealkylation sites (N-methyl/N-ethyl adjacent to an activating group) is 1. The van der Waals surface area contributed by atoms with Crippen LogP contribution in [-0.4, -0.2) is 73.3 Å². The number of nitrogens with zero attached hydrogens (tertiary/aromatic N) is 3. The molecule has 0 unspecified atom stereocenters. The van der Waals surface area contributed by atoms with Gasteiger partial charge in [0.15, 0.2) is 9.84 Å². The minimum Gasteiger partial charge on any atom is -0.341 e. The molecule has 3 heterocycles. The number of benzene rings is 1. The van der Waals surface area contributed by atoms with Crippen molar-refractivity contribution in [3.8, 4) is 0 Å². The van der Waals surface area contributed by atoms with Crippen LogP contribution >= 0.6 is 11.3 Å². The fraction of sp³-hybridized carbons (Fsp3) is 0.579. The molecule has 1 aromatic carbocycles. The largest absolute Gasteiger partial charge is 0.341 e. The Balaban J connectivity index is 1.39. The first-order valence-electron chi connectivity index (χ1n) is 9.45. The van der Waals surface area contributed by atoms with E-state index in [0.29, 0.717) is 13.0 Å². The van der Waals surface area contributed by atoms with Crippen molar-refractivity contribution in [3.63, 3.8) is 0 Å². The van der Waals surface area contributed by atoms with Crippen molar-refractivity contribution >= 4 is 37.3 Å². The van der Waals surface area contributed by atoms with Gasteiger partial charge in [-0.05, 0) is 38.4 Å². The molecule has 0 spiro atoms. The van der Waals surface area contributed by atoms with Gasteiger partial charge in [0.2, 0.25) is 5.91 Å². The number of carbonyl (C=O) groups excluding carboxylic acids is 1. The Kier molecular flexibility index (Phi) is 5.22. The van der Waals surface area contributed by atoms with E-state index in [-0.39, 0.29) is 35.9 Å². The summed E-state index contributed by atoms with van der Waals surface area (Å²) in [6.45, 7) is 1.76. The SMILES string of the molecule is CN(CC(=O)N1CCC[C@H](c2nc3ccccc3s2)C1)[C@H]1CCS(=O)(=O)C1. The van der Waals surface area contributed by atoms with Crippen LogP contribution in [0.15, 0.2) is 24.3 Å². The lowest BCUT2D eigenvalue weighted by Gasteiger charge is -2.33. The van der Waals surface area contributed by atoms with Crippen LogP contribution in [-0.2, 0) is 14.6 Å². The standard InChI is InChI=1S/C19H25N3O3S2/c1-21(15-8-10-27(24,25)13-15)12-18(23)22-9-4-5-14(11-22)19-20-16-6-2-3-7-17(16)26-19/h2-3,6-7,14-15H,4-5,8-13H2,1H3/t14-,15-/m0/s1. The van der Waals surface area contributed by atoms with Crippen LogP contribution < -0.4 is 0 Å². The van der Waals surface area contributed by atoms with Gasteiger partial charge in [0.25, 0.3) is 0 Å². The second-order valence-electron chi connectivity index (χ2n) is 7.67. The molecule has 8 heteroatoms. The number of carbonyl (C=O) groups is 1. The molecule has 1 aromatic heterocycles. The van der Waals surface area contributed by atoms with Gasteiger partial charge in [-0.2, -0.15) is 0 Å². The van der Waals surface area contributed by atoms with Crippen LogP contribution in [0, 0.1) is 0 Å². The summed E-state index contributed by atoms with van der Waals surface area (Å²) in [6.07, 6.45) is 2.66. The first-order chi connectivity index (χ1) is 12.9. The van der Waals surface area contributed by atoms with Crippen LogP contribution in [0.3, 0.4) is 0 Å². The smallest absolute Gasteiger partial charge is 0.236 e. The van der Waals surface area contributed by atoms with Crippen molar-refractivity contribution in [3.05, 3.63) is 29.3 Å². The molecule has 6 nitrogen and oxygen atoms in total. The molecule has 0 aliphatic carbocycles. The lowest BCUT2D eigenvalue weighted by Crippen LogP contribution is -2.46. The Morgan fingerprint density at radius 3 is 2.89 bits per heavy atom. The summed E-state index contributed by atoms with van der Waals surface area (Å²) >= 11 is 1.73. The maximum atomic E-state index is 12.8. The van der Waals surface area contributed by atoms with E-state index in [2.05, 4.69) is 6.07 Å². The number of rotatable bonds is 4. The second kappa shape index (κ2) is 7.48. The Hall–Kier alpha value is -1.51. The number of fused-ring (bicyclic) bond motifs is 1. The molecule has 0 saturated carbocycles. The van der Waals surface area contributed by atoms with E-state index in [0.717, 1.165) is 29.9 Å². The van der Waals surface area contributed by atoms with E-state index in [1.807, 2.05) is 35.0 Å². The van der Waals surface area contributed by atoms with Crippen molar-refractivity contribution in [1.82, 2.24) is 14.8 Å². The van der Waals surface area contributed by atoms with Gasteiger partial charge in [-0.25, -0.2) is 13.4 Å². The second-order valence-corrected chi connectivity index (χ2v) is 11.0. The van der Waals surface area contributed by atoms with Crippen LogP contribution in [0.5, 0.6) is 0 Å². The fourth-order valence-corrected chi connectivity index (χ4v) is 6.93. The summed E-state index contributed by atoms with van der Waals surface area (Å²) in [5.74, 6) is 0.787. The molecule has 2 fully saturated rings. The molecule has 0 bridgehead atoms. The highest BCUT2D eigenvalue weighted by molar-refractivity contribution is 7.91. The van der Waals surface area contributed by atoms with E-state index < -0.39 is 9.84 Å². The molecule has 4 rings (SSSR count). The zero-order valence-electron chi connectivity index (χ0n) is 15.5. The number of hydrogen-bond acceptors (Lipinski definition) is 6.